The highest BCUT2D eigenvalue weighted by Crippen LogP contribution is 2.42. The first-order valence-corrected chi connectivity index (χ1v) is 11.0. The van der Waals surface area contributed by atoms with Crippen LogP contribution in [0.15, 0.2) is 56.8 Å². The molecule has 0 saturated heterocycles. The van der Waals surface area contributed by atoms with Crippen LogP contribution in [0.25, 0.3) is 22.3 Å². The zero-order valence-corrected chi connectivity index (χ0v) is 20.4. The summed E-state index contributed by atoms with van der Waals surface area (Å²) in [5.41, 5.74) is 3.33. The summed E-state index contributed by atoms with van der Waals surface area (Å²) >= 11 is 0. The molecule has 34 heavy (non-hydrogen) atoms. The van der Waals surface area contributed by atoms with Crippen LogP contribution in [0.4, 0.5) is 0 Å². The highest BCUT2D eigenvalue weighted by Gasteiger charge is 2.26. The second-order valence-electron chi connectivity index (χ2n) is 8.76. The van der Waals surface area contributed by atoms with Gasteiger partial charge in [-0.1, -0.05) is 47.6 Å². The third-order valence-electron chi connectivity index (χ3n) is 5.63. The minimum Gasteiger partial charge on any atom is -0.507 e. The number of aromatic hydroxyl groups is 2. The second-order valence-corrected chi connectivity index (χ2v) is 8.76. The van der Waals surface area contributed by atoms with Gasteiger partial charge in [-0.05, 0) is 47.5 Å². The average Bonchev–Trinajstić information content (AvgIpc) is 2.78. The number of carbonyl (C=O) groups is 1. The molecule has 1 aromatic heterocycles. The lowest BCUT2D eigenvalue weighted by molar-refractivity contribution is 0.101. The molecule has 6 heteroatoms. The Morgan fingerprint density at radius 2 is 1.47 bits per heavy atom. The van der Waals surface area contributed by atoms with Gasteiger partial charge in [-0.25, -0.2) is 0 Å². The van der Waals surface area contributed by atoms with Crippen molar-refractivity contribution < 1.29 is 24.2 Å². The van der Waals surface area contributed by atoms with E-state index < -0.39 is 5.43 Å². The Morgan fingerprint density at radius 3 is 1.97 bits per heavy atom. The number of allylic oxidation sites excluding steroid dienone is 4. The standard InChI is InChI=1S/C28H30O6/c1-15(2)7-13-20-23(30)21(14-8-16(3)4)27-22(24(20)31)25(32)28(33-6)26(34-27)19-11-9-18(10-12-19)17(5)29/h7-12,30-31H,13-14H2,1-6H3. The largest absolute Gasteiger partial charge is 0.507 e. The number of Topliss-reactive ketones (excluding diaryl/α,β-unsaturated/α-hetero) is 1. The molecule has 3 aromatic rings. The first-order chi connectivity index (χ1) is 16.1. The smallest absolute Gasteiger partial charge is 0.239 e. The average molecular weight is 463 g/mol. The summed E-state index contributed by atoms with van der Waals surface area (Å²) < 4.78 is 11.6. The Balaban J connectivity index is 2.42. The molecule has 2 N–H and O–H groups in total. The van der Waals surface area contributed by atoms with Gasteiger partial charge >= 0.3 is 0 Å². The zero-order valence-electron chi connectivity index (χ0n) is 20.4. The molecular formula is C28H30O6. The van der Waals surface area contributed by atoms with E-state index in [1.165, 1.54) is 14.0 Å². The van der Waals surface area contributed by atoms with Gasteiger partial charge in [0, 0.05) is 22.3 Å². The lowest BCUT2D eigenvalue weighted by Crippen LogP contribution is -2.10. The first-order valence-electron chi connectivity index (χ1n) is 11.0. The van der Waals surface area contributed by atoms with Gasteiger partial charge in [-0.2, -0.15) is 0 Å². The van der Waals surface area contributed by atoms with E-state index in [9.17, 15) is 19.8 Å². The Hall–Kier alpha value is -3.80. The lowest BCUT2D eigenvalue weighted by atomic mass is 9.96. The monoisotopic (exact) mass is 462 g/mol. The van der Waals surface area contributed by atoms with Crippen molar-refractivity contribution in [2.45, 2.75) is 47.5 Å². The van der Waals surface area contributed by atoms with E-state index in [1.807, 2.05) is 39.8 Å². The van der Waals surface area contributed by atoms with Crippen molar-refractivity contribution >= 4 is 16.8 Å². The maximum atomic E-state index is 13.5. The number of carbonyl (C=O) groups excluding carboxylic acids is 1. The molecule has 0 unspecified atom stereocenters. The number of methoxy groups -OCH3 is 1. The number of fused-ring (bicyclic) bond motifs is 1. The fraction of sp³-hybridized carbons (Fsp3) is 0.286. The molecule has 2 aromatic carbocycles. The van der Waals surface area contributed by atoms with Crippen LogP contribution in [-0.2, 0) is 12.8 Å². The van der Waals surface area contributed by atoms with Crippen molar-refractivity contribution in [1.29, 1.82) is 0 Å². The van der Waals surface area contributed by atoms with E-state index in [0.29, 0.717) is 23.1 Å². The number of hydrogen-bond donors (Lipinski definition) is 2. The van der Waals surface area contributed by atoms with Crippen LogP contribution in [0.5, 0.6) is 17.2 Å². The Morgan fingerprint density at radius 1 is 0.912 bits per heavy atom. The van der Waals surface area contributed by atoms with Crippen molar-refractivity contribution in [2.24, 2.45) is 0 Å². The zero-order chi connectivity index (χ0) is 25.2. The van der Waals surface area contributed by atoms with Gasteiger partial charge in [0.15, 0.2) is 11.5 Å². The van der Waals surface area contributed by atoms with E-state index >= 15 is 0 Å². The molecule has 0 aliphatic rings. The fourth-order valence-corrected chi connectivity index (χ4v) is 3.73. The van der Waals surface area contributed by atoms with E-state index in [4.69, 9.17) is 9.15 Å². The lowest BCUT2D eigenvalue weighted by Gasteiger charge is -2.16. The van der Waals surface area contributed by atoms with Gasteiger partial charge in [0.25, 0.3) is 0 Å². The van der Waals surface area contributed by atoms with Crippen molar-refractivity contribution in [2.75, 3.05) is 7.11 Å². The molecule has 0 radical (unpaired) electrons. The summed E-state index contributed by atoms with van der Waals surface area (Å²) in [5.74, 6) is -0.418. The molecule has 0 amide bonds. The van der Waals surface area contributed by atoms with E-state index in [2.05, 4.69) is 0 Å². The summed E-state index contributed by atoms with van der Waals surface area (Å²) in [6.45, 7) is 9.18. The molecule has 3 rings (SSSR count). The molecule has 178 valence electrons. The van der Waals surface area contributed by atoms with Crippen LogP contribution < -0.4 is 10.2 Å². The van der Waals surface area contributed by atoms with Crippen LogP contribution in [-0.4, -0.2) is 23.1 Å². The predicted octanol–water partition coefficient (Wildman–Crippen LogP) is 6.10. The van der Waals surface area contributed by atoms with Gasteiger partial charge < -0.3 is 19.4 Å². The Labute approximate surface area is 198 Å². The van der Waals surface area contributed by atoms with Crippen LogP contribution in [0.3, 0.4) is 0 Å². The summed E-state index contributed by atoms with van der Waals surface area (Å²) in [4.78, 5) is 25.2. The van der Waals surface area contributed by atoms with Crippen LogP contribution >= 0.6 is 0 Å². The van der Waals surface area contributed by atoms with Gasteiger partial charge in [0.1, 0.15) is 22.5 Å². The highest BCUT2D eigenvalue weighted by molar-refractivity contribution is 5.95. The van der Waals surface area contributed by atoms with E-state index in [-0.39, 0.29) is 51.7 Å². The number of phenols is 2. The second kappa shape index (κ2) is 10.00. The maximum absolute atomic E-state index is 13.5. The summed E-state index contributed by atoms with van der Waals surface area (Å²) in [5, 5.41) is 22.1. The molecule has 0 saturated carbocycles. The quantitative estimate of drug-likeness (QED) is 0.325. The van der Waals surface area contributed by atoms with Crippen LogP contribution in [0.1, 0.15) is 56.1 Å². The number of hydrogen-bond acceptors (Lipinski definition) is 6. The van der Waals surface area contributed by atoms with Gasteiger partial charge in [-0.15, -0.1) is 0 Å². The molecule has 0 atom stereocenters. The van der Waals surface area contributed by atoms with Crippen molar-refractivity contribution in [1.82, 2.24) is 0 Å². The van der Waals surface area contributed by atoms with Crippen molar-refractivity contribution in [3.8, 4) is 28.6 Å². The topological polar surface area (TPSA) is 97.0 Å². The highest BCUT2D eigenvalue weighted by atomic mass is 16.5. The minimum absolute atomic E-state index is 0.0342. The SMILES string of the molecule is COc1c(-c2ccc(C(C)=O)cc2)oc2c(CC=C(C)C)c(O)c(CC=C(C)C)c(O)c2c1=O. The number of benzene rings is 2. The fourth-order valence-electron chi connectivity index (χ4n) is 3.73. The predicted molar refractivity (Wildman–Crippen MR) is 134 cm³/mol. The number of ketones is 1. The molecule has 0 aliphatic heterocycles. The molecule has 0 bridgehead atoms. The normalized spacial score (nSPS) is 10.8. The van der Waals surface area contributed by atoms with Crippen molar-refractivity contribution in [3.63, 3.8) is 0 Å². The number of ether oxygens (including phenoxy) is 1. The first kappa shape index (κ1) is 24.8. The number of phenolic OH excluding ortho intramolecular Hbond substituents is 2. The summed E-state index contributed by atoms with van der Waals surface area (Å²) in [6, 6.07) is 6.62. The van der Waals surface area contributed by atoms with E-state index in [1.54, 1.807) is 24.3 Å². The Kier molecular flexibility index (Phi) is 7.30. The van der Waals surface area contributed by atoms with Gasteiger partial charge in [0.05, 0.1) is 7.11 Å². The molecule has 1 heterocycles. The number of rotatable bonds is 7. The van der Waals surface area contributed by atoms with Gasteiger partial charge in [0.2, 0.25) is 11.2 Å². The minimum atomic E-state index is -0.538. The van der Waals surface area contributed by atoms with Crippen LogP contribution in [0.2, 0.25) is 0 Å². The van der Waals surface area contributed by atoms with Crippen LogP contribution in [0, 0.1) is 0 Å². The Bertz CT molecular complexity index is 1360. The molecule has 0 fully saturated rings. The summed E-state index contributed by atoms with van der Waals surface area (Å²) in [6.07, 6.45) is 4.36. The van der Waals surface area contributed by atoms with Gasteiger partial charge in [-0.3, -0.25) is 9.59 Å². The molecular weight excluding hydrogens is 432 g/mol. The third kappa shape index (κ3) is 4.76. The molecule has 0 aliphatic carbocycles. The molecule has 6 nitrogen and oxygen atoms in total. The third-order valence-corrected chi connectivity index (χ3v) is 5.63. The summed E-state index contributed by atoms with van der Waals surface area (Å²) in [7, 11) is 1.36. The molecule has 0 spiro atoms. The van der Waals surface area contributed by atoms with Crippen molar-refractivity contribution in [3.05, 3.63) is 74.5 Å². The maximum Gasteiger partial charge on any atom is 0.239 e. The van der Waals surface area contributed by atoms with E-state index in [0.717, 1.165) is 11.1 Å².